The van der Waals surface area contributed by atoms with Gasteiger partial charge in [0.25, 0.3) is 5.91 Å². The van der Waals surface area contributed by atoms with Crippen molar-refractivity contribution in [1.82, 2.24) is 14.9 Å². The summed E-state index contributed by atoms with van der Waals surface area (Å²) in [5.41, 5.74) is 2.32. The van der Waals surface area contributed by atoms with Gasteiger partial charge in [0, 0.05) is 61.3 Å². The lowest BCUT2D eigenvalue weighted by Gasteiger charge is -2.51. The summed E-state index contributed by atoms with van der Waals surface area (Å²) in [6, 6.07) is 12.2. The van der Waals surface area contributed by atoms with Gasteiger partial charge in [0.1, 0.15) is 11.4 Å². The number of carbonyl (C=O) groups excluding carboxylic acids is 1. The van der Waals surface area contributed by atoms with Gasteiger partial charge >= 0.3 is 0 Å². The fourth-order valence-corrected chi connectivity index (χ4v) is 14.7. The van der Waals surface area contributed by atoms with Gasteiger partial charge in [-0.3, -0.25) is 9.69 Å². The molecule has 2 aromatic carbocycles. The molecule has 1 saturated carbocycles. The number of benzene rings is 2. The molecule has 3 saturated heterocycles. The summed E-state index contributed by atoms with van der Waals surface area (Å²) in [6.07, 6.45) is 10.5. The Kier molecular flexibility index (Phi) is 16.1. The number of nitrogens with zero attached hydrogens (tertiary/aromatic N) is 2. The van der Waals surface area contributed by atoms with E-state index >= 15 is 0 Å². The molecule has 332 valence electrons. The number of amides is 1. The molecule has 7 atom stereocenters. The fourth-order valence-electron chi connectivity index (χ4n) is 9.98. The number of nitrogens with one attached hydrogen (secondary N) is 2. The van der Waals surface area contributed by atoms with Crippen molar-refractivity contribution in [2.24, 2.45) is 17.8 Å². The normalized spacial score (nSPS) is 33.6. The van der Waals surface area contributed by atoms with E-state index in [1.165, 1.54) is 22.1 Å². The van der Waals surface area contributed by atoms with Crippen molar-refractivity contribution < 1.29 is 27.8 Å². The number of ether oxygens (including phenoxy) is 2. The number of anilines is 1. The van der Waals surface area contributed by atoms with Gasteiger partial charge in [-0.15, -0.1) is 23.5 Å². The lowest BCUT2D eigenvalue weighted by Crippen LogP contribution is -2.56. The topological polar surface area (TPSA) is 120 Å². The molecule has 2 aromatic rings. The Bertz CT molecular complexity index is 1910. The minimum Gasteiger partial charge on any atom is -0.490 e. The molecule has 0 unspecified atom stereocenters. The van der Waals surface area contributed by atoms with Crippen LogP contribution in [0, 0.1) is 17.8 Å². The maximum absolute atomic E-state index is 13.5. The first kappa shape index (κ1) is 46.7. The summed E-state index contributed by atoms with van der Waals surface area (Å²) < 4.78 is 42.5. The summed E-state index contributed by atoms with van der Waals surface area (Å²) in [7, 11) is -3.95. The Balaban J connectivity index is 0.000000357. The third-order valence-corrected chi connectivity index (χ3v) is 19.1. The number of fused-ring (bicyclic) bond motifs is 5. The van der Waals surface area contributed by atoms with Crippen LogP contribution >= 0.6 is 57.7 Å². The van der Waals surface area contributed by atoms with E-state index in [1.807, 2.05) is 54.7 Å². The third-order valence-electron chi connectivity index (χ3n) is 13.7. The molecule has 2 aliphatic carbocycles. The molecular weight excluding hydrogens is 951 g/mol. The van der Waals surface area contributed by atoms with Crippen LogP contribution in [0.25, 0.3) is 0 Å². The second-order valence-corrected chi connectivity index (χ2v) is 24.3. The van der Waals surface area contributed by atoms with Crippen molar-refractivity contribution in [2.45, 2.75) is 92.6 Å². The zero-order valence-corrected chi connectivity index (χ0v) is 40.7. The fraction of sp³-hybridized carbons (Fsp3) is 0.667. The standard InChI is InChI=1S/C36H45ClN2O5S3.C7H14N2O.C2H5I/c1-23-6-3-15-36(41,34-45-16-5-17-46-34)30-11-8-27(30)20-39-21-35(14-4-7-25-18-28(37)10-12-29(25)35)22-44-32-13-9-26(19-31(32)39)33(40)38-47(42,43)24(23)2;1-2-9-3-4-10-6-7(9)5-8-1;1-2-3/h3,9-10,12-13,15,18-19,23-24,27,30,34,41H,4-8,11,14,16-17,20-22H2,1-2H3,(H,38,40);7-8H,1-6H2;2H2,1H3/b15-3+;;/t23-,24+,27-,30+,35-,36-;7-;/m00./s1. The molecule has 15 heteroatoms. The predicted octanol–water partition coefficient (Wildman–Crippen LogP) is 7.54. The van der Waals surface area contributed by atoms with Gasteiger partial charge in [0.05, 0.1) is 35.3 Å². The zero-order valence-electron chi connectivity index (χ0n) is 35.4. The van der Waals surface area contributed by atoms with Crippen LogP contribution in [0.2, 0.25) is 5.02 Å². The zero-order chi connectivity index (χ0) is 42.5. The Morgan fingerprint density at radius 1 is 1.08 bits per heavy atom. The SMILES string of the molecule is C1CN2CCOC[C@@H]2CN1.CCI.C[C@@H]1[C@@H](C)C/C=C/[C@@](O)(C2SCCCS2)[C@@H]2CC[C@H]2CN2C[C@@]3(CCCc4cc(Cl)ccc43)COc3ccc(cc32)C(=O)NS1(=O)=O. The molecule has 5 heterocycles. The first-order chi connectivity index (χ1) is 28.9. The summed E-state index contributed by atoms with van der Waals surface area (Å²) >= 11 is 12.4. The molecule has 10 nitrogen and oxygen atoms in total. The number of allylic oxidation sites excluding steroid dienone is 1. The highest BCUT2D eigenvalue weighted by atomic mass is 127. The molecule has 3 N–H and O–H groups in total. The monoisotopic (exact) mass is 1010 g/mol. The van der Waals surface area contributed by atoms with Crippen molar-refractivity contribution in [2.75, 3.05) is 79.9 Å². The van der Waals surface area contributed by atoms with Gasteiger partial charge in [-0.2, -0.15) is 0 Å². The second-order valence-electron chi connectivity index (χ2n) is 17.6. The first-order valence-corrected chi connectivity index (χ1v) is 27.5. The number of piperazine rings is 1. The second kappa shape index (κ2) is 20.7. The van der Waals surface area contributed by atoms with E-state index < -0.39 is 26.8 Å². The Morgan fingerprint density at radius 3 is 2.63 bits per heavy atom. The summed E-state index contributed by atoms with van der Waals surface area (Å²) in [5.74, 6) is 2.18. The lowest BCUT2D eigenvalue weighted by molar-refractivity contribution is -0.0333. The number of morpholine rings is 1. The maximum atomic E-state index is 13.5. The van der Waals surface area contributed by atoms with Gasteiger partial charge in [-0.05, 0) is 127 Å². The Labute approximate surface area is 385 Å². The van der Waals surface area contributed by atoms with E-state index in [9.17, 15) is 18.3 Å². The molecule has 0 aromatic heterocycles. The number of aryl methyl sites for hydroxylation is 1. The molecule has 4 fully saturated rings. The minimum atomic E-state index is -3.95. The van der Waals surface area contributed by atoms with Crippen molar-refractivity contribution in [3.63, 3.8) is 0 Å². The largest absolute Gasteiger partial charge is 0.490 e. The summed E-state index contributed by atoms with van der Waals surface area (Å²) in [6.45, 7) is 14.0. The smallest absolute Gasteiger partial charge is 0.264 e. The van der Waals surface area contributed by atoms with Crippen LogP contribution in [0.4, 0.5) is 5.69 Å². The molecule has 7 aliphatic rings. The maximum Gasteiger partial charge on any atom is 0.264 e. The molecule has 1 amide bonds. The van der Waals surface area contributed by atoms with E-state index in [4.69, 9.17) is 21.1 Å². The third kappa shape index (κ3) is 10.5. The minimum absolute atomic E-state index is 0.0302. The van der Waals surface area contributed by atoms with E-state index in [0.717, 1.165) is 93.6 Å². The molecule has 1 spiro atoms. The number of hydrogen-bond acceptors (Lipinski definition) is 11. The summed E-state index contributed by atoms with van der Waals surface area (Å²) in [5, 5.41) is 15.9. The van der Waals surface area contributed by atoms with Crippen LogP contribution in [0.5, 0.6) is 5.75 Å². The number of aliphatic hydroxyl groups is 1. The number of sulfonamides is 1. The van der Waals surface area contributed by atoms with E-state index in [2.05, 4.69) is 61.5 Å². The van der Waals surface area contributed by atoms with Crippen LogP contribution < -0.4 is 19.7 Å². The van der Waals surface area contributed by atoms with E-state index in [1.54, 1.807) is 19.1 Å². The van der Waals surface area contributed by atoms with Gasteiger partial charge < -0.3 is 24.8 Å². The van der Waals surface area contributed by atoms with Gasteiger partial charge in [0.15, 0.2) is 0 Å². The number of thioether (sulfide) groups is 2. The van der Waals surface area contributed by atoms with Gasteiger partial charge in [0.2, 0.25) is 10.0 Å². The van der Waals surface area contributed by atoms with E-state index in [-0.39, 0.29) is 33.3 Å². The van der Waals surface area contributed by atoms with Crippen LogP contribution in [-0.4, -0.2) is 121 Å². The van der Waals surface area contributed by atoms with Crippen LogP contribution in [0.1, 0.15) is 80.8 Å². The van der Waals surface area contributed by atoms with Gasteiger partial charge in [-0.1, -0.05) is 66.3 Å². The quantitative estimate of drug-likeness (QED) is 0.149. The molecular formula is C45H64ClIN4O6S3. The number of rotatable bonds is 1. The van der Waals surface area contributed by atoms with E-state index in [0.29, 0.717) is 37.9 Å². The average molecular weight is 1020 g/mol. The molecule has 60 heavy (non-hydrogen) atoms. The van der Waals surface area contributed by atoms with Crippen molar-refractivity contribution in [1.29, 1.82) is 0 Å². The highest BCUT2D eigenvalue weighted by molar-refractivity contribution is 14.1. The van der Waals surface area contributed by atoms with Crippen LogP contribution in [0.15, 0.2) is 48.6 Å². The number of halogens is 2. The Hall–Kier alpha value is -1.24. The van der Waals surface area contributed by atoms with Crippen molar-refractivity contribution in [3.8, 4) is 5.75 Å². The Morgan fingerprint density at radius 2 is 1.88 bits per heavy atom. The lowest BCUT2D eigenvalue weighted by atomic mass is 9.64. The molecule has 9 rings (SSSR count). The van der Waals surface area contributed by atoms with Gasteiger partial charge in [-0.25, -0.2) is 13.1 Å². The van der Waals surface area contributed by atoms with Crippen LogP contribution in [-0.2, 0) is 26.6 Å². The number of alkyl halides is 1. The predicted molar refractivity (Wildman–Crippen MR) is 257 cm³/mol. The number of carbonyl (C=O) groups is 1. The molecule has 0 radical (unpaired) electrons. The van der Waals surface area contributed by atoms with Crippen molar-refractivity contribution in [3.05, 3.63) is 70.3 Å². The number of hydrogen-bond donors (Lipinski definition) is 3. The highest BCUT2D eigenvalue weighted by Gasteiger charge is 2.52. The first-order valence-electron chi connectivity index (χ1n) is 22.0. The van der Waals surface area contributed by atoms with Crippen LogP contribution in [0.3, 0.4) is 0 Å². The summed E-state index contributed by atoms with van der Waals surface area (Å²) in [4.78, 5) is 18.4. The molecule has 2 bridgehead atoms. The molecule has 5 aliphatic heterocycles. The highest BCUT2D eigenvalue weighted by Crippen LogP contribution is 2.53. The average Bonchev–Trinajstić information content (AvgIpc) is 3.39. The van der Waals surface area contributed by atoms with Crippen molar-refractivity contribution >= 4 is 79.3 Å².